The van der Waals surface area contributed by atoms with Gasteiger partial charge in [-0.3, -0.25) is 0 Å². The highest BCUT2D eigenvalue weighted by molar-refractivity contribution is 7.89. The highest BCUT2D eigenvalue weighted by atomic mass is 32.2. The molecule has 142 valence electrons. The van der Waals surface area contributed by atoms with E-state index in [4.69, 9.17) is 4.74 Å². The van der Waals surface area contributed by atoms with E-state index >= 15 is 0 Å². The van der Waals surface area contributed by atoms with E-state index in [9.17, 15) is 26.0 Å². The van der Waals surface area contributed by atoms with Gasteiger partial charge < -0.3 is 4.74 Å². The van der Waals surface area contributed by atoms with Gasteiger partial charge in [0.15, 0.2) is 0 Å². The fourth-order valence-electron chi connectivity index (χ4n) is 2.31. The largest absolute Gasteiger partial charge is 0.416 e. The monoisotopic (exact) mass is 391 g/mol. The molecular weight excluding hydrogens is 374 g/mol. The maximum absolute atomic E-state index is 14.0. The smallest absolute Gasteiger partial charge is 0.372 e. The molecule has 0 fully saturated rings. The van der Waals surface area contributed by atoms with Gasteiger partial charge in [-0.15, -0.1) is 0 Å². The van der Waals surface area contributed by atoms with E-state index in [-0.39, 0.29) is 17.0 Å². The van der Waals surface area contributed by atoms with Crippen molar-refractivity contribution in [3.05, 3.63) is 65.5 Å². The summed E-state index contributed by atoms with van der Waals surface area (Å²) in [5, 5.41) is 0. The molecule has 0 bridgehead atoms. The Morgan fingerprint density at radius 2 is 1.62 bits per heavy atom. The van der Waals surface area contributed by atoms with Crippen molar-refractivity contribution in [1.29, 1.82) is 0 Å². The second kappa shape index (κ2) is 7.34. The molecule has 2 aromatic carbocycles. The minimum atomic E-state index is -4.56. The summed E-state index contributed by atoms with van der Waals surface area (Å²) < 4.78 is 83.9. The Hall–Kier alpha value is -1.97. The highest BCUT2D eigenvalue weighted by Gasteiger charge is 2.33. The number of nitrogens with one attached hydrogen (secondary N) is 1. The van der Waals surface area contributed by atoms with Crippen molar-refractivity contribution in [3.63, 3.8) is 0 Å². The van der Waals surface area contributed by atoms with Gasteiger partial charge >= 0.3 is 6.18 Å². The molecule has 0 radical (unpaired) electrons. The van der Waals surface area contributed by atoms with Crippen LogP contribution in [0.25, 0.3) is 0 Å². The van der Waals surface area contributed by atoms with E-state index < -0.39 is 33.2 Å². The minimum Gasteiger partial charge on any atom is -0.372 e. The van der Waals surface area contributed by atoms with Crippen LogP contribution in [-0.4, -0.2) is 22.1 Å². The molecule has 2 rings (SSSR count). The van der Waals surface area contributed by atoms with Gasteiger partial charge in [-0.05, 0) is 37.3 Å². The summed E-state index contributed by atoms with van der Waals surface area (Å²) in [6.45, 7) is 1.19. The number of halogens is 4. The number of alkyl halides is 3. The summed E-state index contributed by atoms with van der Waals surface area (Å²) in [4.78, 5) is -0.336. The predicted molar refractivity (Wildman–Crippen MR) is 87.4 cm³/mol. The van der Waals surface area contributed by atoms with Crippen molar-refractivity contribution in [2.75, 3.05) is 13.7 Å². The van der Waals surface area contributed by atoms with Crippen molar-refractivity contribution in [2.24, 2.45) is 0 Å². The molecule has 26 heavy (non-hydrogen) atoms. The molecule has 4 nitrogen and oxygen atoms in total. The third-order valence-corrected chi connectivity index (χ3v) is 5.40. The van der Waals surface area contributed by atoms with Crippen LogP contribution in [0.2, 0.25) is 0 Å². The first-order valence-corrected chi connectivity index (χ1v) is 8.95. The van der Waals surface area contributed by atoms with Crippen LogP contribution in [0.15, 0.2) is 53.4 Å². The summed E-state index contributed by atoms with van der Waals surface area (Å²) in [7, 11) is -2.80. The second-order valence-corrected chi connectivity index (χ2v) is 7.53. The van der Waals surface area contributed by atoms with Gasteiger partial charge in [0.2, 0.25) is 10.0 Å². The Kier molecular flexibility index (Phi) is 5.74. The van der Waals surface area contributed by atoms with E-state index in [1.807, 2.05) is 0 Å². The standard InChI is InChI=1S/C17H17F4NO3S/c1-16(25-2,14-5-3-4-6-15(14)18)11-22-26(23,24)13-9-7-12(8-10-13)17(19,20)21/h3-10,22H,11H2,1-2H3. The molecule has 0 aromatic heterocycles. The topological polar surface area (TPSA) is 55.4 Å². The molecule has 0 aliphatic heterocycles. The van der Waals surface area contributed by atoms with E-state index in [2.05, 4.69) is 4.72 Å². The van der Waals surface area contributed by atoms with Crippen LogP contribution >= 0.6 is 0 Å². The molecule has 0 amide bonds. The molecule has 1 unspecified atom stereocenters. The third kappa shape index (κ3) is 4.40. The molecule has 1 atom stereocenters. The lowest BCUT2D eigenvalue weighted by Crippen LogP contribution is -2.40. The average molecular weight is 391 g/mol. The second-order valence-electron chi connectivity index (χ2n) is 5.76. The van der Waals surface area contributed by atoms with Gasteiger partial charge in [-0.2, -0.15) is 13.2 Å². The fraction of sp³-hybridized carbons (Fsp3) is 0.294. The SMILES string of the molecule is COC(C)(CNS(=O)(=O)c1ccc(C(F)(F)F)cc1)c1ccccc1F. The first-order chi connectivity index (χ1) is 12.0. The van der Waals surface area contributed by atoms with Crippen LogP contribution in [0.5, 0.6) is 0 Å². The predicted octanol–water partition coefficient (Wildman–Crippen LogP) is 3.68. The summed E-state index contributed by atoms with van der Waals surface area (Å²) in [6.07, 6.45) is -4.56. The molecular formula is C17H17F4NO3S. The maximum atomic E-state index is 14.0. The van der Waals surface area contributed by atoms with Gasteiger partial charge in [-0.1, -0.05) is 18.2 Å². The maximum Gasteiger partial charge on any atom is 0.416 e. The Labute approximate surface area is 148 Å². The first-order valence-electron chi connectivity index (χ1n) is 7.47. The normalized spacial score (nSPS) is 14.8. The molecule has 0 spiro atoms. The van der Waals surface area contributed by atoms with Crippen LogP contribution in [0, 0.1) is 5.82 Å². The third-order valence-electron chi connectivity index (χ3n) is 3.99. The number of sulfonamides is 1. The first kappa shape index (κ1) is 20.3. The molecule has 0 aliphatic rings. The van der Waals surface area contributed by atoms with E-state index in [1.165, 1.54) is 32.2 Å². The number of ether oxygens (including phenoxy) is 1. The van der Waals surface area contributed by atoms with Crippen LogP contribution in [-0.2, 0) is 26.5 Å². The zero-order valence-electron chi connectivity index (χ0n) is 14.0. The molecule has 0 aliphatic carbocycles. The zero-order chi connectivity index (χ0) is 19.6. The zero-order valence-corrected chi connectivity index (χ0v) is 14.8. The lowest BCUT2D eigenvalue weighted by molar-refractivity contribution is -0.137. The van der Waals surface area contributed by atoms with Gasteiger partial charge in [0, 0.05) is 19.2 Å². The Balaban J connectivity index is 2.22. The summed E-state index contributed by atoms with van der Waals surface area (Å²) in [5.41, 5.74) is -2.10. The van der Waals surface area contributed by atoms with Crippen LogP contribution < -0.4 is 4.72 Å². The van der Waals surface area contributed by atoms with Crippen LogP contribution in [0.1, 0.15) is 18.1 Å². The quantitative estimate of drug-likeness (QED) is 0.765. The number of methoxy groups -OCH3 is 1. The minimum absolute atomic E-state index is 0.151. The van der Waals surface area contributed by atoms with E-state index in [0.29, 0.717) is 12.1 Å². The Bertz CT molecular complexity index is 866. The number of rotatable bonds is 6. The van der Waals surface area contributed by atoms with Crippen LogP contribution in [0.4, 0.5) is 17.6 Å². The van der Waals surface area contributed by atoms with Gasteiger partial charge in [0.05, 0.1) is 10.5 Å². The Morgan fingerprint density at radius 1 is 1.04 bits per heavy atom. The lowest BCUT2D eigenvalue weighted by Gasteiger charge is -2.29. The van der Waals surface area contributed by atoms with Crippen LogP contribution in [0.3, 0.4) is 0 Å². The molecule has 9 heteroatoms. The van der Waals surface area contributed by atoms with E-state index in [0.717, 1.165) is 12.1 Å². The number of benzene rings is 2. The number of hydrogen-bond donors (Lipinski definition) is 1. The van der Waals surface area contributed by atoms with Crippen molar-refractivity contribution >= 4 is 10.0 Å². The Morgan fingerprint density at radius 3 is 2.12 bits per heavy atom. The summed E-state index contributed by atoms with van der Waals surface area (Å²) in [5.74, 6) is -0.564. The molecule has 0 heterocycles. The molecule has 1 N–H and O–H groups in total. The summed E-state index contributed by atoms with van der Waals surface area (Å²) in [6, 6.07) is 8.84. The highest BCUT2D eigenvalue weighted by Crippen LogP contribution is 2.30. The number of hydrogen-bond acceptors (Lipinski definition) is 3. The van der Waals surface area contributed by atoms with Crippen molar-refractivity contribution in [1.82, 2.24) is 4.72 Å². The van der Waals surface area contributed by atoms with Crippen molar-refractivity contribution < 1.29 is 30.7 Å². The average Bonchev–Trinajstić information content (AvgIpc) is 2.59. The van der Waals surface area contributed by atoms with Gasteiger partial charge in [-0.25, -0.2) is 17.5 Å². The van der Waals surface area contributed by atoms with E-state index in [1.54, 1.807) is 6.07 Å². The molecule has 2 aromatic rings. The summed E-state index contributed by atoms with van der Waals surface area (Å²) >= 11 is 0. The van der Waals surface area contributed by atoms with Crippen molar-refractivity contribution in [3.8, 4) is 0 Å². The lowest BCUT2D eigenvalue weighted by atomic mass is 9.95. The van der Waals surface area contributed by atoms with Crippen molar-refractivity contribution in [2.45, 2.75) is 23.6 Å². The van der Waals surface area contributed by atoms with Gasteiger partial charge in [0.1, 0.15) is 11.4 Å². The fourth-order valence-corrected chi connectivity index (χ4v) is 3.43. The molecule has 0 saturated carbocycles. The molecule has 0 saturated heterocycles. The van der Waals surface area contributed by atoms with Gasteiger partial charge in [0.25, 0.3) is 0 Å².